The third-order valence-electron chi connectivity index (χ3n) is 4.09. The molecule has 0 aliphatic rings. The van der Waals surface area contributed by atoms with Crippen molar-refractivity contribution in [2.24, 2.45) is 0 Å². The molecule has 3 nitrogen and oxygen atoms in total. The van der Waals surface area contributed by atoms with E-state index in [9.17, 15) is 4.79 Å². The van der Waals surface area contributed by atoms with Crippen molar-refractivity contribution in [1.82, 2.24) is 0 Å². The lowest BCUT2D eigenvalue weighted by atomic mass is 10.1. The second-order valence-corrected chi connectivity index (χ2v) is 5.99. The molecule has 3 rings (SSSR count). The summed E-state index contributed by atoms with van der Waals surface area (Å²) in [5, 5.41) is 0. The average Bonchev–Trinajstić information content (AvgIpc) is 2.70. The fourth-order valence-corrected chi connectivity index (χ4v) is 2.68. The summed E-state index contributed by atoms with van der Waals surface area (Å²) in [6, 6.07) is 25.6. The molecule has 0 radical (unpaired) electrons. The van der Waals surface area contributed by atoms with Crippen molar-refractivity contribution in [1.29, 1.82) is 0 Å². The van der Waals surface area contributed by atoms with Gasteiger partial charge in [-0.25, -0.2) is 0 Å². The van der Waals surface area contributed by atoms with E-state index in [-0.39, 0.29) is 0 Å². The zero-order valence-corrected chi connectivity index (χ0v) is 14.6. The van der Waals surface area contributed by atoms with Crippen LogP contribution in [0.5, 0.6) is 11.5 Å². The van der Waals surface area contributed by atoms with Crippen LogP contribution in [0.2, 0.25) is 0 Å². The highest BCUT2D eigenvalue weighted by atomic mass is 16.5. The van der Waals surface area contributed by atoms with Gasteiger partial charge in [-0.15, -0.1) is 0 Å². The van der Waals surface area contributed by atoms with Gasteiger partial charge in [0.2, 0.25) is 0 Å². The second-order valence-electron chi connectivity index (χ2n) is 5.99. The van der Waals surface area contributed by atoms with Crippen LogP contribution >= 0.6 is 0 Å². The first-order valence-electron chi connectivity index (χ1n) is 8.78. The number of carbonyl (C=O) groups is 1. The summed E-state index contributed by atoms with van der Waals surface area (Å²) in [6.45, 7) is 1.08. The minimum Gasteiger partial charge on any atom is -0.489 e. The number of benzene rings is 3. The van der Waals surface area contributed by atoms with E-state index >= 15 is 0 Å². The van der Waals surface area contributed by atoms with Crippen LogP contribution in [0.3, 0.4) is 0 Å². The Morgan fingerprint density at radius 1 is 0.654 bits per heavy atom. The largest absolute Gasteiger partial charge is 0.489 e. The Balaban J connectivity index is 1.60. The van der Waals surface area contributed by atoms with Crippen LogP contribution in [0.1, 0.15) is 21.5 Å². The Hall–Kier alpha value is -3.07. The Bertz CT molecular complexity index is 813. The normalized spacial score (nSPS) is 10.3. The molecule has 3 aromatic rings. The molecule has 0 N–H and O–H groups in total. The number of carbonyl (C=O) groups excluding carboxylic acids is 1. The van der Waals surface area contributed by atoms with Gasteiger partial charge in [-0.05, 0) is 29.3 Å². The van der Waals surface area contributed by atoms with Crippen molar-refractivity contribution >= 4 is 6.29 Å². The van der Waals surface area contributed by atoms with E-state index in [0.717, 1.165) is 19.1 Å². The second kappa shape index (κ2) is 9.42. The fourth-order valence-electron chi connectivity index (χ4n) is 2.68. The van der Waals surface area contributed by atoms with Crippen molar-refractivity contribution in [2.45, 2.75) is 12.8 Å². The van der Waals surface area contributed by atoms with Crippen molar-refractivity contribution < 1.29 is 14.3 Å². The van der Waals surface area contributed by atoms with E-state index < -0.39 is 0 Å². The molecule has 132 valence electrons. The maximum absolute atomic E-state index is 11.1. The molecule has 3 aromatic carbocycles. The first-order valence-corrected chi connectivity index (χ1v) is 8.78. The van der Waals surface area contributed by atoms with Gasteiger partial charge < -0.3 is 9.47 Å². The molecular formula is C23H22O3. The SMILES string of the molecule is O=Cc1ccc(OCCc2ccccc2)c(OCCc2ccccc2)c1. The zero-order valence-electron chi connectivity index (χ0n) is 14.6. The minimum atomic E-state index is 0.529. The highest BCUT2D eigenvalue weighted by Crippen LogP contribution is 2.28. The van der Waals surface area contributed by atoms with Gasteiger partial charge in [0.1, 0.15) is 6.29 Å². The van der Waals surface area contributed by atoms with Crippen LogP contribution in [0.4, 0.5) is 0 Å². The van der Waals surface area contributed by atoms with Gasteiger partial charge in [0.15, 0.2) is 11.5 Å². The number of hydrogen-bond donors (Lipinski definition) is 0. The molecular weight excluding hydrogens is 324 g/mol. The third kappa shape index (κ3) is 5.21. The highest BCUT2D eigenvalue weighted by molar-refractivity contribution is 5.76. The number of aldehydes is 1. The Morgan fingerprint density at radius 3 is 1.73 bits per heavy atom. The van der Waals surface area contributed by atoms with Gasteiger partial charge in [0.25, 0.3) is 0 Å². The molecule has 0 aliphatic carbocycles. The monoisotopic (exact) mass is 346 g/mol. The first kappa shape index (κ1) is 17.7. The van der Waals surface area contributed by atoms with Gasteiger partial charge in [-0.2, -0.15) is 0 Å². The molecule has 0 aliphatic heterocycles. The number of rotatable bonds is 9. The molecule has 0 heterocycles. The van der Waals surface area contributed by atoms with Crippen LogP contribution in [0, 0.1) is 0 Å². The lowest BCUT2D eigenvalue weighted by molar-refractivity contribution is 0.112. The predicted octanol–water partition coefficient (Wildman–Crippen LogP) is 4.74. The average molecular weight is 346 g/mol. The quantitative estimate of drug-likeness (QED) is 0.525. The maximum atomic E-state index is 11.1. The standard InChI is InChI=1S/C23H22O3/c24-18-21-11-12-22(25-15-13-19-7-3-1-4-8-19)23(17-21)26-16-14-20-9-5-2-6-10-20/h1-12,17-18H,13-16H2. The molecule has 0 fully saturated rings. The van der Waals surface area contributed by atoms with Crippen LogP contribution in [0.25, 0.3) is 0 Å². The molecule has 0 spiro atoms. The summed E-state index contributed by atoms with van der Waals surface area (Å²) in [4.78, 5) is 11.1. The lowest BCUT2D eigenvalue weighted by Gasteiger charge is -2.13. The summed E-state index contributed by atoms with van der Waals surface area (Å²) in [5.41, 5.74) is 3.02. The maximum Gasteiger partial charge on any atom is 0.161 e. The van der Waals surface area contributed by atoms with E-state index in [0.29, 0.717) is 30.3 Å². The van der Waals surface area contributed by atoms with E-state index in [1.165, 1.54) is 11.1 Å². The van der Waals surface area contributed by atoms with Crippen molar-refractivity contribution in [3.63, 3.8) is 0 Å². The third-order valence-corrected chi connectivity index (χ3v) is 4.09. The van der Waals surface area contributed by atoms with E-state index in [2.05, 4.69) is 24.3 Å². The fraction of sp³-hybridized carbons (Fsp3) is 0.174. The van der Waals surface area contributed by atoms with Crippen LogP contribution < -0.4 is 9.47 Å². The molecule has 0 aromatic heterocycles. The van der Waals surface area contributed by atoms with Crippen LogP contribution in [-0.2, 0) is 12.8 Å². The molecule has 26 heavy (non-hydrogen) atoms. The smallest absolute Gasteiger partial charge is 0.161 e. The van der Waals surface area contributed by atoms with Gasteiger partial charge in [0.05, 0.1) is 13.2 Å². The predicted molar refractivity (Wildman–Crippen MR) is 103 cm³/mol. The van der Waals surface area contributed by atoms with Crippen LogP contribution in [-0.4, -0.2) is 19.5 Å². The Morgan fingerprint density at radius 2 is 1.19 bits per heavy atom. The Kier molecular flexibility index (Phi) is 6.43. The topological polar surface area (TPSA) is 35.5 Å². The summed E-state index contributed by atoms with van der Waals surface area (Å²) in [7, 11) is 0. The number of hydrogen-bond acceptors (Lipinski definition) is 3. The van der Waals surface area contributed by atoms with Crippen molar-refractivity contribution in [3.05, 3.63) is 95.6 Å². The summed E-state index contributed by atoms with van der Waals surface area (Å²) in [6.07, 6.45) is 2.44. The lowest BCUT2D eigenvalue weighted by Crippen LogP contribution is -2.06. The molecule has 0 bridgehead atoms. The molecule has 0 saturated heterocycles. The van der Waals surface area contributed by atoms with Gasteiger partial charge in [-0.1, -0.05) is 60.7 Å². The van der Waals surface area contributed by atoms with Crippen LogP contribution in [0.15, 0.2) is 78.9 Å². The van der Waals surface area contributed by atoms with E-state index in [1.54, 1.807) is 18.2 Å². The molecule has 0 saturated carbocycles. The van der Waals surface area contributed by atoms with E-state index in [4.69, 9.17) is 9.47 Å². The summed E-state index contributed by atoms with van der Waals surface area (Å²) < 4.78 is 11.8. The van der Waals surface area contributed by atoms with Crippen molar-refractivity contribution in [2.75, 3.05) is 13.2 Å². The number of ether oxygens (including phenoxy) is 2. The van der Waals surface area contributed by atoms with E-state index in [1.807, 2.05) is 36.4 Å². The highest BCUT2D eigenvalue weighted by Gasteiger charge is 2.07. The molecule has 0 unspecified atom stereocenters. The van der Waals surface area contributed by atoms with Gasteiger partial charge >= 0.3 is 0 Å². The van der Waals surface area contributed by atoms with Crippen molar-refractivity contribution in [3.8, 4) is 11.5 Å². The molecule has 0 atom stereocenters. The summed E-state index contributed by atoms with van der Waals surface area (Å²) >= 11 is 0. The Labute approximate surface area is 154 Å². The first-order chi connectivity index (χ1) is 12.8. The zero-order chi connectivity index (χ0) is 18.0. The van der Waals surface area contributed by atoms with Gasteiger partial charge in [0, 0.05) is 18.4 Å². The summed E-state index contributed by atoms with van der Waals surface area (Å²) in [5.74, 6) is 1.28. The molecule has 3 heteroatoms. The molecule has 0 amide bonds. The van der Waals surface area contributed by atoms with Gasteiger partial charge in [-0.3, -0.25) is 4.79 Å². The minimum absolute atomic E-state index is 0.529.